The molecule has 0 bridgehead atoms. The number of benzene rings is 1. The van der Waals surface area contributed by atoms with Crippen LogP contribution in [0.2, 0.25) is 0 Å². The molecule has 1 atom stereocenters. The number of fused-ring (bicyclic) bond motifs is 1. The summed E-state index contributed by atoms with van der Waals surface area (Å²) in [6.07, 6.45) is 1.93. The molecule has 7 nitrogen and oxygen atoms in total. The molecule has 0 unspecified atom stereocenters. The van der Waals surface area contributed by atoms with Crippen LogP contribution in [0.3, 0.4) is 0 Å². The van der Waals surface area contributed by atoms with Crippen molar-refractivity contribution in [3.8, 4) is 0 Å². The van der Waals surface area contributed by atoms with Gasteiger partial charge in [0.15, 0.2) is 0 Å². The summed E-state index contributed by atoms with van der Waals surface area (Å²) < 4.78 is 0. The first-order chi connectivity index (χ1) is 12.6. The Labute approximate surface area is 152 Å². The highest BCUT2D eigenvalue weighted by molar-refractivity contribution is 5.97. The zero-order valence-corrected chi connectivity index (χ0v) is 15.0. The summed E-state index contributed by atoms with van der Waals surface area (Å²) in [7, 11) is 4.06. The van der Waals surface area contributed by atoms with E-state index in [1.54, 1.807) is 6.07 Å². The highest BCUT2D eigenvalue weighted by Crippen LogP contribution is 2.32. The van der Waals surface area contributed by atoms with Crippen molar-refractivity contribution < 1.29 is 4.79 Å². The Kier molecular flexibility index (Phi) is 4.38. The van der Waals surface area contributed by atoms with Crippen molar-refractivity contribution in [2.24, 2.45) is 0 Å². The molecule has 0 aliphatic carbocycles. The third kappa shape index (κ3) is 3.17. The molecule has 0 spiro atoms. The Hall–Kier alpha value is -2.80. The molecule has 0 saturated carbocycles. The van der Waals surface area contributed by atoms with Gasteiger partial charge in [0.25, 0.3) is 5.91 Å². The second kappa shape index (κ2) is 6.84. The SMILES string of the molecule is CN(C)Cc1cccc([C@H]2CCCN2C(=O)c2ccc3n[nH]nc3c2)n1. The smallest absolute Gasteiger partial charge is 0.254 e. The molecule has 1 saturated heterocycles. The van der Waals surface area contributed by atoms with E-state index in [2.05, 4.69) is 20.3 Å². The standard InChI is InChI=1S/C19H22N6O/c1-24(2)12-14-5-3-6-16(20-14)18-7-4-10-25(18)19(26)13-8-9-15-17(11-13)22-23-21-15/h3,5-6,8-9,11,18H,4,7,10,12H2,1-2H3,(H,21,22,23)/t18-/m1/s1. The topological polar surface area (TPSA) is 78.0 Å². The first-order valence-electron chi connectivity index (χ1n) is 8.84. The molecule has 4 rings (SSSR count). The number of aromatic nitrogens is 4. The van der Waals surface area contributed by atoms with Crippen molar-refractivity contribution in [2.75, 3.05) is 20.6 Å². The third-order valence-corrected chi connectivity index (χ3v) is 4.72. The summed E-state index contributed by atoms with van der Waals surface area (Å²) in [5, 5.41) is 10.7. The van der Waals surface area contributed by atoms with Gasteiger partial charge in [-0.1, -0.05) is 6.07 Å². The first kappa shape index (κ1) is 16.7. The summed E-state index contributed by atoms with van der Waals surface area (Å²) in [6, 6.07) is 11.6. The molecule has 2 aromatic heterocycles. The number of amides is 1. The Morgan fingerprint density at radius 2 is 2.08 bits per heavy atom. The normalized spacial score (nSPS) is 17.3. The van der Waals surface area contributed by atoms with Gasteiger partial charge >= 0.3 is 0 Å². The van der Waals surface area contributed by atoms with E-state index in [9.17, 15) is 4.79 Å². The lowest BCUT2D eigenvalue weighted by Gasteiger charge is -2.25. The number of nitrogens with zero attached hydrogens (tertiary/aromatic N) is 5. The predicted molar refractivity (Wildman–Crippen MR) is 98.5 cm³/mol. The minimum Gasteiger partial charge on any atom is -0.330 e. The van der Waals surface area contributed by atoms with Gasteiger partial charge in [0.1, 0.15) is 11.0 Å². The maximum absolute atomic E-state index is 13.1. The fourth-order valence-electron chi connectivity index (χ4n) is 3.55. The molecule has 134 valence electrons. The number of hydrogen-bond donors (Lipinski definition) is 1. The van der Waals surface area contributed by atoms with E-state index >= 15 is 0 Å². The number of carbonyl (C=O) groups is 1. The zero-order chi connectivity index (χ0) is 18.1. The summed E-state index contributed by atoms with van der Waals surface area (Å²) in [5.74, 6) is 0.0252. The zero-order valence-electron chi connectivity index (χ0n) is 15.0. The molecule has 0 radical (unpaired) electrons. The van der Waals surface area contributed by atoms with E-state index in [1.807, 2.05) is 49.3 Å². The molecular formula is C19H22N6O. The Morgan fingerprint density at radius 3 is 2.92 bits per heavy atom. The summed E-state index contributed by atoms with van der Waals surface area (Å²) in [5.41, 5.74) is 4.10. The Balaban J connectivity index is 1.60. The molecule has 1 aliphatic rings. The third-order valence-electron chi connectivity index (χ3n) is 4.72. The van der Waals surface area contributed by atoms with Gasteiger partial charge in [0, 0.05) is 18.7 Å². The van der Waals surface area contributed by atoms with Crippen LogP contribution in [0.25, 0.3) is 11.0 Å². The summed E-state index contributed by atoms with van der Waals surface area (Å²) in [6.45, 7) is 1.54. The van der Waals surface area contributed by atoms with Gasteiger partial charge in [-0.05, 0) is 57.3 Å². The molecule has 26 heavy (non-hydrogen) atoms. The van der Waals surface area contributed by atoms with Gasteiger partial charge in [-0.25, -0.2) is 0 Å². The first-order valence-corrected chi connectivity index (χ1v) is 8.84. The van der Waals surface area contributed by atoms with Gasteiger partial charge in [-0.15, -0.1) is 0 Å². The van der Waals surface area contributed by atoms with E-state index in [0.29, 0.717) is 11.1 Å². The van der Waals surface area contributed by atoms with Gasteiger partial charge in [0.05, 0.1) is 17.4 Å². The van der Waals surface area contributed by atoms with E-state index in [1.165, 1.54) is 0 Å². The van der Waals surface area contributed by atoms with Crippen molar-refractivity contribution in [3.05, 3.63) is 53.3 Å². The fraction of sp³-hybridized carbons (Fsp3) is 0.368. The molecule has 1 N–H and O–H groups in total. The molecular weight excluding hydrogens is 328 g/mol. The van der Waals surface area contributed by atoms with E-state index in [0.717, 1.165) is 42.8 Å². The maximum atomic E-state index is 13.1. The minimum atomic E-state index is 0.0252. The highest BCUT2D eigenvalue weighted by Gasteiger charge is 2.31. The molecule has 3 aromatic rings. The molecule has 7 heteroatoms. The van der Waals surface area contributed by atoms with Crippen molar-refractivity contribution in [1.82, 2.24) is 30.2 Å². The van der Waals surface area contributed by atoms with Crippen LogP contribution in [0.4, 0.5) is 0 Å². The average molecular weight is 350 g/mol. The lowest BCUT2D eigenvalue weighted by molar-refractivity contribution is 0.0733. The number of nitrogens with one attached hydrogen (secondary N) is 1. The minimum absolute atomic E-state index is 0.0252. The second-order valence-electron chi connectivity index (χ2n) is 6.98. The second-order valence-corrected chi connectivity index (χ2v) is 6.98. The largest absolute Gasteiger partial charge is 0.330 e. The molecule has 3 heterocycles. The quantitative estimate of drug-likeness (QED) is 0.782. The van der Waals surface area contributed by atoms with E-state index in [-0.39, 0.29) is 11.9 Å². The number of H-pyrrole nitrogens is 1. The average Bonchev–Trinajstić information content (AvgIpc) is 3.29. The number of likely N-dealkylation sites (tertiary alicyclic amines) is 1. The Morgan fingerprint density at radius 1 is 1.23 bits per heavy atom. The van der Waals surface area contributed by atoms with Crippen LogP contribution in [0.5, 0.6) is 0 Å². The number of pyridine rings is 1. The molecule has 1 amide bonds. The van der Waals surface area contributed by atoms with E-state index in [4.69, 9.17) is 4.98 Å². The molecule has 1 aliphatic heterocycles. The molecule has 1 aromatic carbocycles. The van der Waals surface area contributed by atoms with Crippen molar-refractivity contribution in [3.63, 3.8) is 0 Å². The molecule has 1 fully saturated rings. The summed E-state index contributed by atoms with van der Waals surface area (Å²) >= 11 is 0. The van der Waals surface area contributed by atoms with E-state index < -0.39 is 0 Å². The fourth-order valence-corrected chi connectivity index (χ4v) is 3.55. The van der Waals surface area contributed by atoms with Crippen molar-refractivity contribution in [2.45, 2.75) is 25.4 Å². The number of carbonyl (C=O) groups excluding carboxylic acids is 1. The van der Waals surface area contributed by atoms with Crippen LogP contribution in [0.15, 0.2) is 36.4 Å². The lowest BCUT2D eigenvalue weighted by atomic mass is 10.1. The van der Waals surface area contributed by atoms with Gasteiger partial charge < -0.3 is 9.80 Å². The summed E-state index contributed by atoms with van der Waals surface area (Å²) in [4.78, 5) is 21.9. The van der Waals surface area contributed by atoms with Gasteiger partial charge in [0.2, 0.25) is 0 Å². The number of rotatable bonds is 4. The Bertz CT molecular complexity index is 934. The van der Waals surface area contributed by atoms with Crippen LogP contribution in [0.1, 0.15) is 40.6 Å². The van der Waals surface area contributed by atoms with Crippen LogP contribution >= 0.6 is 0 Å². The van der Waals surface area contributed by atoms with Crippen LogP contribution < -0.4 is 0 Å². The van der Waals surface area contributed by atoms with Gasteiger partial charge in [-0.2, -0.15) is 15.4 Å². The monoisotopic (exact) mass is 350 g/mol. The predicted octanol–water partition coefficient (Wildman–Crippen LogP) is 2.39. The van der Waals surface area contributed by atoms with Gasteiger partial charge in [-0.3, -0.25) is 9.78 Å². The lowest BCUT2D eigenvalue weighted by Crippen LogP contribution is -2.31. The van der Waals surface area contributed by atoms with Crippen molar-refractivity contribution >= 4 is 16.9 Å². The van der Waals surface area contributed by atoms with Crippen molar-refractivity contribution in [1.29, 1.82) is 0 Å². The van der Waals surface area contributed by atoms with Crippen LogP contribution in [-0.2, 0) is 6.54 Å². The number of aromatic amines is 1. The number of hydrogen-bond acceptors (Lipinski definition) is 5. The maximum Gasteiger partial charge on any atom is 0.254 e. The highest BCUT2D eigenvalue weighted by atomic mass is 16.2. The van der Waals surface area contributed by atoms with Crippen LogP contribution in [-0.4, -0.2) is 56.7 Å². The van der Waals surface area contributed by atoms with Crippen LogP contribution in [0, 0.1) is 0 Å².